The second-order valence-corrected chi connectivity index (χ2v) is 7.60. The third-order valence-electron chi connectivity index (χ3n) is 5.38. The zero-order chi connectivity index (χ0) is 17.1. The van der Waals surface area contributed by atoms with Gasteiger partial charge in [-0.1, -0.05) is 30.3 Å². The molecule has 2 saturated heterocycles. The number of carbonyl (C=O) groups excluding carboxylic acids is 1. The average Bonchev–Trinajstić information content (AvgIpc) is 3.15. The van der Waals surface area contributed by atoms with Gasteiger partial charge in [0.1, 0.15) is 0 Å². The number of urea groups is 1. The summed E-state index contributed by atoms with van der Waals surface area (Å²) < 4.78 is 5.56. The quantitative estimate of drug-likeness (QED) is 0.914. The summed E-state index contributed by atoms with van der Waals surface area (Å²) in [5.41, 5.74) is 4.26. The van der Waals surface area contributed by atoms with Gasteiger partial charge in [0.25, 0.3) is 0 Å². The molecule has 1 N–H and O–H groups in total. The van der Waals surface area contributed by atoms with Gasteiger partial charge >= 0.3 is 6.03 Å². The first-order valence-corrected chi connectivity index (χ1v) is 9.77. The van der Waals surface area contributed by atoms with Crippen LogP contribution in [-0.2, 0) is 11.2 Å². The zero-order valence-electron chi connectivity index (χ0n) is 14.2. The van der Waals surface area contributed by atoms with Crippen LogP contribution in [-0.4, -0.2) is 42.2 Å². The van der Waals surface area contributed by atoms with Crippen molar-refractivity contribution < 1.29 is 9.53 Å². The Morgan fingerprint density at radius 3 is 2.84 bits per heavy atom. The molecule has 6 heteroatoms. The summed E-state index contributed by atoms with van der Waals surface area (Å²) in [6, 6.07) is 10.6. The molecule has 4 rings (SSSR count). The zero-order valence-corrected chi connectivity index (χ0v) is 15.0. The van der Waals surface area contributed by atoms with Crippen LogP contribution in [0.15, 0.2) is 41.2 Å². The maximum atomic E-state index is 12.7. The topological polar surface area (TPSA) is 54.5 Å². The van der Waals surface area contributed by atoms with E-state index in [1.807, 2.05) is 21.9 Å². The SMILES string of the molecule is O=C(NCCc1cscn1)N1CC2(CCOCC2)C1c1ccccc1. The predicted octanol–water partition coefficient (Wildman–Crippen LogP) is 3.25. The molecule has 3 heterocycles. The van der Waals surface area contributed by atoms with Crippen LogP contribution in [0.4, 0.5) is 4.79 Å². The second-order valence-electron chi connectivity index (χ2n) is 6.88. The summed E-state index contributed by atoms with van der Waals surface area (Å²) in [5, 5.41) is 5.09. The van der Waals surface area contributed by atoms with Crippen molar-refractivity contribution in [2.45, 2.75) is 25.3 Å². The highest BCUT2D eigenvalue weighted by Crippen LogP contribution is 2.54. The van der Waals surface area contributed by atoms with Gasteiger partial charge in [-0.3, -0.25) is 0 Å². The van der Waals surface area contributed by atoms with E-state index in [4.69, 9.17) is 4.74 Å². The molecule has 1 aromatic heterocycles. The summed E-state index contributed by atoms with van der Waals surface area (Å²) in [7, 11) is 0. The van der Waals surface area contributed by atoms with Crippen molar-refractivity contribution in [3.05, 3.63) is 52.5 Å². The van der Waals surface area contributed by atoms with Gasteiger partial charge in [0.2, 0.25) is 0 Å². The number of rotatable bonds is 4. The number of nitrogens with zero attached hydrogens (tertiary/aromatic N) is 2. The molecule has 132 valence electrons. The minimum atomic E-state index is 0.0289. The number of hydrogen-bond acceptors (Lipinski definition) is 4. The van der Waals surface area contributed by atoms with Crippen molar-refractivity contribution in [2.24, 2.45) is 5.41 Å². The highest BCUT2D eigenvalue weighted by molar-refractivity contribution is 7.07. The van der Waals surface area contributed by atoms with Crippen molar-refractivity contribution in [3.63, 3.8) is 0 Å². The molecule has 1 spiro atoms. The van der Waals surface area contributed by atoms with Gasteiger partial charge < -0.3 is 15.0 Å². The lowest BCUT2D eigenvalue weighted by atomic mass is 9.64. The van der Waals surface area contributed by atoms with E-state index < -0.39 is 0 Å². The summed E-state index contributed by atoms with van der Waals surface area (Å²) in [5.74, 6) is 0. The average molecular weight is 357 g/mol. The largest absolute Gasteiger partial charge is 0.381 e. The first-order chi connectivity index (χ1) is 12.3. The van der Waals surface area contributed by atoms with Crippen molar-refractivity contribution in [2.75, 3.05) is 26.3 Å². The molecule has 0 bridgehead atoms. The van der Waals surface area contributed by atoms with Crippen LogP contribution in [0.5, 0.6) is 0 Å². The van der Waals surface area contributed by atoms with Crippen molar-refractivity contribution in [3.8, 4) is 0 Å². The smallest absolute Gasteiger partial charge is 0.317 e. The molecule has 0 radical (unpaired) electrons. The van der Waals surface area contributed by atoms with Gasteiger partial charge in [-0.05, 0) is 18.4 Å². The van der Waals surface area contributed by atoms with Crippen LogP contribution in [0.2, 0.25) is 0 Å². The number of aromatic nitrogens is 1. The van der Waals surface area contributed by atoms with E-state index >= 15 is 0 Å². The Morgan fingerprint density at radius 2 is 2.12 bits per heavy atom. The lowest BCUT2D eigenvalue weighted by Gasteiger charge is -2.59. The molecule has 5 nitrogen and oxygen atoms in total. The molecular formula is C19H23N3O2S. The van der Waals surface area contributed by atoms with Gasteiger partial charge in [0.05, 0.1) is 17.2 Å². The number of ether oxygens (including phenoxy) is 1. The molecule has 2 fully saturated rings. The molecule has 0 saturated carbocycles. The van der Waals surface area contributed by atoms with E-state index in [0.29, 0.717) is 6.54 Å². The van der Waals surface area contributed by atoms with Gasteiger partial charge in [-0.25, -0.2) is 9.78 Å². The summed E-state index contributed by atoms with van der Waals surface area (Å²) in [6.45, 7) is 3.03. The first kappa shape index (κ1) is 16.5. The molecular weight excluding hydrogens is 334 g/mol. The standard InChI is InChI=1S/C19H23N3O2S/c23-18(20-9-6-16-12-25-14-21-16)22-13-19(7-10-24-11-8-19)17(22)15-4-2-1-3-5-15/h1-5,12,14,17H,6-11,13H2,(H,20,23). The molecule has 2 aliphatic rings. The number of likely N-dealkylation sites (tertiary alicyclic amines) is 1. The van der Waals surface area contributed by atoms with Crippen LogP contribution < -0.4 is 5.32 Å². The lowest BCUT2D eigenvalue weighted by Crippen LogP contribution is -2.64. The first-order valence-electron chi connectivity index (χ1n) is 8.83. The van der Waals surface area contributed by atoms with Gasteiger partial charge in [-0.15, -0.1) is 11.3 Å². The number of thiazole rings is 1. The summed E-state index contributed by atoms with van der Waals surface area (Å²) in [4.78, 5) is 19.0. The normalized spacial score (nSPS) is 21.8. The molecule has 2 aliphatic heterocycles. The van der Waals surface area contributed by atoms with Crippen molar-refractivity contribution in [1.82, 2.24) is 15.2 Å². The maximum absolute atomic E-state index is 12.7. The number of benzene rings is 1. The molecule has 25 heavy (non-hydrogen) atoms. The minimum absolute atomic E-state index is 0.0289. The Labute approximate surface area is 152 Å². The monoisotopic (exact) mass is 357 g/mol. The molecule has 1 atom stereocenters. The Morgan fingerprint density at radius 1 is 1.32 bits per heavy atom. The van der Waals surface area contributed by atoms with Crippen LogP contribution in [0.3, 0.4) is 0 Å². The Balaban J connectivity index is 1.44. The van der Waals surface area contributed by atoms with Gasteiger partial charge in [-0.2, -0.15) is 0 Å². The number of nitrogens with one attached hydrogen (secondary N) is 1. The Kier molecular flexibility index (Phi) is 4.72. The van der Waals surface area contributed by atoms with Crippen molar-refractivity contribution in [1.29, 1.82) is 0 Å². The Bertz CT molecular complexity index is 699. The predicted molar refractivity (Wildman–Crippen MR) is 97.6 cm³/mol. The second kappa shape index (κ2) is 7.14. The van der Waals surface area contributed by atoms with E-state index in [1.165, 1.54) is 5.56 Å². The van der Waals surface area contributed by atoms with Gasteiger partial charge in [0, 0.05) is 43.5 Å². The molecule has 0 aliphatic carbocycles. The van der Waals surface area contributed by atoms with Crippen LogP contribution in [0.1, 0.15) is 30.1 Å². The highest BCUT2D eigenvalue weighted by Gasteiger charge is 2.55. The molecule has 2 aromatic rings. The maximum Gasteiger partial charge on any atom is 0.317 e. The minimum Gasteiger partial charge on any atom is -0.381 e. The third kappa shape index (κ3) is 3.28. The number of hydrogen-bond donors (Lipinski definition) is 1. The molecule has 1 unspecified atom stereocenters. The van der Waals surface area contributed by atoms with E-state index in [9.17, 15) is 4.79 Å². The fourth-order valence-corrected chi connectivity index (χ4v) is 4.66. The molecule has 1 aromatic carbocycles. The molecule has 2 amide bonds. The van der Waals surface area contributed by atoms with Crippen LogP contribution in [0, 0.1) is 5.41 Å². The fourth-order valence-electron chi connectivity index (χ4n) is 4.06. The van der Waals surface area contributed by atoms with E-state index in [-0.39, 0.29) is 17.5 Å². The highest BCUT2D eigenvalue weighted by atomic mass is 32.1. The van der Waals surface area contributed by atoms with E-state index in [1.54, 1.807) is 11.3 Å². The van der Waals surface area contributed by atoms with E-state index in [0.717, 1.165) is 44.7 Å². The van der Waals surface area contributed by atoms with Gasteiger partial charge in [0.15, 0.2) is 0 Å². The lowest BCUT2D eigenvalue weighted by molar-refractivity contribution is -0.111. The van der Waals surface area contributed by atoms with Crippen LogP contribution in [0.25, 0.3) is 0 Å². The van der Waals surface area contributed by atoms with E-state index in [2.05, 4.69) is 34.6 Å². The number of carbonyl (C=O) groups is 1. The number of amides is 2. The van der Waals surface area contributed by atoms with Crippen LogP contribution >= 0.6 is 11.3 Å². The fraction of sp³-hybridized carbons (Fsp3) is 0.474. The Hall–Kier alpha value is -1.92. The summed E-state index contributed by atoms with van der Waals surface area (Å²) >= 11 is 1.59. The summed E-state index contributed by atoms with van der Waals surface area (Å²) in [6.07, 6.45) is 2.82. The third-order valence-corrected chi connectivity index (χ3v) is 6.02. The van der Waals surface area contributed by atoms with Crippen molar-refractivity contribution >= 4 is 17.4 Å².